The van der Waals surface area contributed by atoms with Crippen molar-refractivity contribution < 1.29 is 28.0 Å². The lowest BCUT2D eigenvalue weighted by atomic mass is 10.2. The van der Waals surface area contributed by atoms with E-state index in [2.05, 4.69) is 5.32 Å². The molecule has 3 rings (SSSR count). The second-order valence-corrected chi connectivity index (χ2v) is 10.1. The molecule has 3 aromatic rings. The van der Waals surface area contributed by atoms with Gasteiger partial charge in [0.25, 0.3) is 5.91 Å². The molecule has 0 heterocycles. The number of hydroxylamine groups is 1. The summed E-state index contributed by atoms with van der Waals surface area (Å²) in [6.45, 7) is -0.0621. The molecule has 0 radical (unpaired) electrons. The van der Waals surface area contributed by atoms with Crippen LogP contribution in [0.3, 0.4) is 0 Å². The highest BCUT2D eigenvalue weighted by Gasteiger charge is 2.29. The molecule has 0 bridgehead atoms. The van der Waals surface area contributed by atoms with Crippen LogP contribution in [0.5, 0.6) is 0 Å². The number of amides is 2. The molecule has 3 N–H and O–H groups in total. The Morgan fingerprint density at radius 3 is 2.06 bits per heavy atom. The molecule has 0 aliphatic carbocycles. The summed E-state index contributed by atoms with van der Waals surface area (Å²) in [7, 11) is -3.97. The molecule has 0 fully saturated rings. The van der Waals surface area contributed by atoms with Crippen molar-refractivity contribution in [3.63, 3.8) is 0 Å². The van der Waals surface area contributed by atoms with E-state index in [1.54, 1.807) is 36.4 Å². The molecular formula is C23H22N2O6S2. The number of sulfone groups is 1. The van der Waals surface area contributed by atoms with E-state index < -0.39 is 33.6 Å². The van der Waals surface area contributed by atoms with Crippen LogP contribution in [0.1, 0.15) is 5.56 Å². The van der Waals surface area contributed by atoms with Gasteiger partial charge in [0.1, 0.15) is 12.6 Å². The maximum atomic E-state index is 12.8. The van der Waals surface area contributed by atoms with E-state index >= 15 is 0 Å². The first-order valence-corrected chi connectivity index (χ1v) is 12.3. The number of carbonyl (C=O) groups excluding carboxylic acids is 2. The second kappa shape index (κ2) is 11.5. The molecule has 0 saturated heterocycles. The van der Waals surface area contributed by atoms with Gasteiger partial charge in [0.05, 0.1) is 10.6 Å². The minimum atomic E-state index is -3.97. The number of ether oxygens (including phenoxy) is 1. The maximum Gasteiger partial charge on any atom is 0.408 e. The first-order chi connectivity index (χ1) is 15.9. The largest absolute Gasteiger partial charge is 0.445 e. The van der Waals surface area contributed by atoms with Gasteiger partial charge in [-0.1, -0.05) is 60.3 Å². The van der Waals surface area contributed by atoms with Gasteiger partial charge in [0.2, 0.25) is 0 Å². The van der Waals surface area contributed by atoms with Gasteiger partial charge in [0.15, 0.2) is 9.84 Å². The molecule has 0 aliphatic rings. The summed E-state index contributed by atoms with van der Waals surface area (Å²) in [5.74, 6) is -1.84. The molecule has 172 valence electrons. The van der Waals surface area contributed by atoms with Gasteiger partial charge in [-0.15, -0.1) is 0 Å². The molecule has 0 unspecified atom stereocenters. The first-order valence-electron chi connectivity index (χ1n) is 9.84. The van der Waals surface area contributed by atoms with Crippen LogP contribution in [0, 0.1) is 0 Å². The molecule has 0 spiro atoms. The van der Waals surface area contributed by atoms with Crippen molar-refractivity contribution in [1.29, 1.82) is 0 Å². The zero-order valence-corrected chi connectivity index (χ0v) is 19.0. The Bertz CT molecular complexity index is 1170. The van der Waals surface area contributed by atoms with Crippen LogP contribution < -0.4 is 10.8 Å². The number of hydrogen-bond acceptors (Lipinski definition) is 7. The van der Waals surface area contributed by atoms with Gasteiger partial charge in [-0.3, -0.25) is 10.0 Å². The first kappa shape index (κ1) is 24.3. The molecule has 1 atom stereocenters. The molecule has 0 aliphatic heterocycles. The van der Waals surface area contributed by atoms with E-state index in [9.17, 15) is 18.0 Å². The summed E-state index contributed by atoms with van der Waals surface area (Å²) in [6, 6.07) is 23.1. The number of benzene rings is 3. The number of alkyl carbamates (subject to hydrolysis) is 1. The van der Waals surface area contributed by atoms with E-state index in [0.717, 1.165) is 15.4 Å². The predicted molar refractivity (Wildman–Crippen MR) is 123 cm³/mol. The normalized spacial score (nSPS) is 11.9. The van der Waals surface area contributed by atoms with Crippen LogP contribution in [0.25, 0.3) is 0 Å². The average molecular weight is 487 g/mol. The molecule has 0 saturated carbocycles. The summed E-state index contributed by atoms with van der Waals surface area (Å²) < 4.78 is 30.7. The lowest BCUT2D eigenvalue weighted by Gasteiger charge is -2.17. The number of hydrogen-bond donors (Lipinski definition) is 3. The number of carbonyl (C=O) groups is 2. The Balaban J connectivity index is 1.64. The maximum absolute atomic E-state index is 12.8. The van der Waals surface area contributed by atoms with Crippen LogP contribution in [0.15, 0.2) is 99.6 Å². The van der Waals surface area contributed by atoms with E-state index in [1.807, 2.05) is 36.4 Å². The molecule has 3 aromatic carbocycles. The number of nitrogens with one attached hydrogen (secondary N) is 2. The molecule has 8 nitrogen and oxygen atoms in total. The zero-order chi connectivity index (χ0) is 23.7. The SMILES string of the molecule is O=C(N[C@@H](CS(=O)(=O)c1ccc(Sc2ccccc2)cc1)C(=O)NO)OCc1ccccc1. The van der Waals surface area contributed by atoms with Crippen LogP contribution in [-0.4, -0.2) is 37.4 Å². The fourth-order valence-corrected chi connectivity index (χ4v) is 5.08. The Hall–Kier alpha value is -3.34. The quantitative estimate of drug-likeness (QED) is 0.313. The third-order valence-electron chi connectivity index (χ3n) is 4.48. The predicted octanol–water partition coefficient (Wildman–Crippen LogP) is 3.41. The van der Waals surface area contributed by atoms with Crippen LogP contribution in [0.2, 0.25) is 0 Å². The topological polar surface area (TPSA) is 122 Å². The summed E-state index contributed by atoms with van der Waals surface area (Å²) in [6.07, 6.45) is -0.989. The molecule has 2 amide bonds. The van der Waals surface area contributed by atoms with E-state index in [-0.39, 0.29) is 11.5 Å². The minimum absolute atomic E-state index is 0.0184. The Morgan fingerprint density at radius 1 is 0.879 bits per heavy atom. The fraction of sp³-hybridized carbons (Fsp3) is 0.130. The standard InChI is InChI=1S/C23H22N2O6S2/c26-22(25-28)21(24-23(27)31-15-17-7-3-1-4-8-17)16-33(29,30)20-13-11-19(12-14-20)32-18-9-5-2-6-10-18/h1-14,21,28H,15-16H2,(H,24,27)(H,25,26)/t21-/m0/s1. The smallest absolute Gasteiger partial charge is 0.408 e. The third-order valence-corrected chi connectivity index (χ3v) is 7.26. The van der Waals surface area contributed by atoms with Gasteiger partial charge in [-0.2, -0.15) is 0 Å². The molecule has 10 heteroatoms. The van der Waals surface area contributed by atoms with Crippen molar-refractivity contribution in [1.82, 2.24) is 10.8 Å². The lowest BCUT2D eigenvalue weighted by molar-refractivity contribution is -0.130. The summed E-state index contributed by atoms with van der Waals surface area (Å²) in [5.41, 5.74) is 2.10. The highest BCUT2D eigenvalue weighted by molar-refractivity contribution is 7.99. The van der Waals surface area contributed by atoms with Crippen molar-refractivity contribution in [2.24, 2.45) is 0 Å². The molecular weight excluding hydrogens is 464 g/mol. The van der Waals surface area contributed by atoms with E-state index in [0.29, 0.717) is 0 Å². The summed E-state index contributed by atoms with van der Waals surface area (Å²) in [5, 5.41) is 11.2. The Kier molecular flexibility index (Phi) is 8.47. The van der Waals surface area contributed by atoms with Crippen molar-refractivity contribution in [3.8, 4) is 0 Å². The summed E-state index contributed by atoms with van der Waals surface area (Å²) in [4.78, 5) is 25.9. The minimum Gasteiger partial charge on any atom is -0.445 e. The van der Waals surface area contributed by atoms with Gasteiger partial charge >= 0.3 is 6.09 Å². The Morgan fingerprint density at radius 2 is 1.45 bits per heavy atom. The van der Waals surface area contributed by atoms with Gasteiger partial charge < -0.3 is 10.1 Å². The van der Waals surface area contributed by atoms with Gasteiger partial charge in [-0.25, -0.2) is 18.7 Å². The third kappa shape index (κ3) is 7.35. The van der Waals surface area contributed by atoms with Crippen LogP contribution in [0.4, 0.5) is 4.79 Å². The lowest BCUT2D eigenvalue weighted by Crippen LogP contribution is -2.49. The van der Waals surface area contributed by atoms with Crippen LogP contribution in [-0.2, 0) is 26.0 Å². The van der Waals surface area contributed by atoms with Crippen molar-refractivity contribution in [2.45, 2.75) is 27.3 Å². The van der Waals surface area contributed by atoms with Crippen molar-refractivity contribution >= 4 is 33.6 Å². The zero-order valence-electron chi connectivity index (χ0n) is 17.4. The fourth-order valence-electron chi connectivity index (χ4n) is 2.82. The molecule has 33 heavy (non-hydrogen) atoms. The average Bonchev–Trinajstić information content (AvgIpc) is 2.83. The van der Waals surface area contributed by atoms with Crippen molar-refractivity contribution in [3.05, 3.63) is 90.5 Å². The highest BCUT2D eigenvalue weighted by Crippen LogP contribution is 2.28. The van der Waals surface area contributed by atoms with E-state index in [4.69, 9.17) is 9.94 Å². The second-order valence-electron chi connectivity index (χ2n) is 6.90. The molecule has 0 aromatic heterocycles. The van der Waals surface area contributed by atoms with Crippen molar-refractivity contribution in [2.75, 3.05) is 5.75 Å². The van der Waals surface area contributed by atoms with E-state index in [1.165, 1.54) is 29.4 Å². The Labute approximate surface area is 195 Å². The summed E-state index contributed by atoms with van der Waals surface area (Å²) >= 11 is 1.48. The monoisotopic (exact) mass is 486 g/mol. The van der Waals surface area contributed by atoms with Gasteiger partial charge in [0, 0.05) is 9.79 Å². The van der Waals surface area contributed by atoms with Gasteiger partial charge in [-0.05, 0) is 42.0 Å². The highest BCUT2D eigenvalue weighted by atomic mass is 32.2. The van der Waals surface area contributed by atoms with Crippen LogP contribution >= 0.6 is 11.8 Å². The number of rotatable bonds is 9.